The molecule has 0 spiro atoms. The van der Waals surface area contributed by atoms with Crippen LogP contribution in [0, 0.1) is 6.92 Å². The lowest BCUT2D eigenvalue weighted by molar-refractivity contribution is 0.0792. The van der Waals surface area contributed by atoms with Gasteiger partial charge in [0.1, 0.15) is 10.8 Å². The number of aromatic nitrogens is 4. The van der Waals surface area contributed by atoms with Crippen LogP contribution in [-0.4, -0.2) is 44.6 Å². The van der Waals surface area contributed by atoms with E-state index in [0.29, 0.717) is 11.6 Å². The Hall–Kier alpha value is -2.28. The zero-order valence-electron chi connectivity index (χ0n) is 12.5. The number of carbonyl (C=O) groups is 1. The third kappa shape index (κ3) is 3.14. The molecule has 2 aromatic heterocycles. The van der Waals surface area contributed by atoms with E-state index in [1.807, 2.05) is 31.2 Å². The third-order valence-corrected chi connectivity index (χ3v) is 4.23. The van der Waals surface area contributed by atoms with Crippen molar-refractivity contribution in [3.63, 3.8) is 0 Å². The smallest absolute Gasteiger partial charge is 0.284 e. The normalized spacial score (nSPS) is 11.0. The van der Waals surface area contributed by atoms with Crippen LogP contribution in [0.15, 0.2) is 24.3 Å². The standard InChI is InChI=1S/C15H17N5OS/c1-10-18-19-14(22-10)15(21)20(2)9-5-8-13-16-11-6-3-4-7-12(11)17-13/h3-4,6-7H,5,8-9H2,1-2H3,(H,16,17). The summed E-state index contributed by atoms with van der Waals surface area (Å²) >= 11 is 1.33. The van der Waals surface area contributed by atoms with E-state index in [1.165, 1.54) is 11.3 Å². The average Bonchev–Trinajstić information content (AvgIpc) is 3.11. The van der Waals surface area contributed by atoms with E-state index < -0.39 is 0 Å². The molecule has 1 aromatic carbocycles. The van der Waals surface area contributed by atoms with Gasteiger partial charge in [-0.3, -0.25) is 4.79 Å². The monoisotopic (exact) mass is 315 g/mol. The van der Waals surface area contributed by atoms with Crippen LogP contribution in [0.2, 0.25) is 0 Å². The van der Waals surface area contributed by atoms with Crippen molar-refractivity contribution in [2.75, 3.05) is 13.6 Å². The molecule has 0 radical (unpaired) electrons. The lowest BCUT2D eigenvalue weighted by atomic mass is 10.3. The third-order valence-electron chi connectivity index (χ3n) is 3.40. The van der Waals surface area contributed by atoms with Gasteiger partial charge in [0.2, 0.25) is 5.01 Å². The molecule has 1 amide bonds. The number of benzene rings is 1. The number of rotatable bonds is 5. The maximum absolute atomic E-state index is 12.2. The van der Waals surface area contributed by atoms with E-state index in [1.54, 1.807) is 11.9 Å². The molecule has 0 unspecified atom stereocenters. The average molecular weight is 315 g/mol. The van der Waals surface area contributed by atoms with E-state index in [2.05, 4.69) is 20.2 Å². The number of carbonyl (C=O) groups excluding carboxylic acids is 1. The number of amides is 1. The first-order chi connectivity index (χ1) is 10.6. The van der Waals surface area contributed by atoms with Gasteiger partial charge in [-0.05, 0) is 25.5 Å². The minimum Gasteiger partial charge on any atom is -0.342 e. The lowest BCUT2D eigenvalue weighted by Gasteiger charge is -2.14. The second-order valence-corrected chi connectivity index (χ2v) is 6.34. The largest absolute Gasteiger partial charge is 0.342 e. The molecule has 0 aliphatic heterocycles. The van der Waals surface area contributed by atoms with Crippen molar-refractivity contribution in [1.82, 2.24) is 25.1 Å². The van der Waals surface area contributed by atoms with Gasteiger partial charge in [-0.1, -0.05) is 23.5 Å². The van der Waals surface area contributed by atoms with Crippen molar-refractivity contribution in [1.29, 1.82) is 0 Å². The zero-order valence-corrected chi connectivity index (χ0v) is 13.4. The van der Waals surface area contributed by atoms with Crippen LogP contribution in [0.25, 0.3) is 11.0 Å². The highest BCUT2D eigenvalue weighted by Gasteiger charge is 2.16. The molecular weight excluding hydrogens is 298 g/mol. The first-order valence-corrected chi connectivity index (χ1v) is 7.94. The number of fused-ring (bicyclic) bond motifs is 1. The highest BCUT2D eigenvalue weighted by Crippen LogP contribution is 2.13. The Balaban J connectivity index is 1.55. The number of hydrogen-bond donors (Lipinski definition) is 1. The molecule has 2 heterocycles. The molecule has 0 fully saturated rings. The Morgan fingerprint density at radius 3 is 2.86 bits per heavy atom. The first kappa shape index (κ1) is 14.6. The van der Waals surface area contributed by atoms with Crippen LogP contribution < -0.4 is 0 Å². The number of nitrogens with zero attached hydrogens (tertiary/aromatic N) is 4. The SMILES string of the molecule is Cc1nnc(C(=O)N(C)CCCc2nc3ccccc3[nH]2)s1. The predicted octanol–water partition coefficient (Wildman–Crippen LogP) is 2.43. The number of para-hydroxylation sites is 2. The first-order valence-electron chi connectivity index (χ1n) is 7.12. The number of aromatic amines is 1. The van der Waals surface area contributed by atoms with Gasteiger partial charge in [0.05, 0.1) is 11.0 Å². The van der Waals surface area contributed by atoms with E-state index in [9.17, 15) is 4.79 Å². The quantitative estimate of drug-likeness (QED) is 0.784. The molecule has 3 rings (SSSR count). The van der Waals surface area contributed by atoms with Crippen LogP contribution in [0.4, 0.5) is 0 Å². The highest BCUT2D eigenvalue weighted by molar-refractivity contribution is 7.13. The summed E-state index contributed by atoms with van der Waals surface area (Å²) in [6.45, 7) is 2.50. The Morgan fingerprint density at radius 1 is 1.32 bits per heavy atom. The molecule has 0 saturated carbocycles. The van der Waals surface area contributed by atoms with E-state index in [4.69, 9.17) is 0 Å². The fourth-order valence-electron chi connectivity index (χ4n) is 2.26. The Bertz CT molecular complexity index is 761. The maximum atomic E-state index is 12.2. The highest BCUT2D eigenvalue weighted by atomic mass is 32.1. The van der Waals surface area contributed by atoms with Crippen LogP contribution in [-0.2, 0) is 6.42 Å². The Kier molecular flexibility index (Phi) is 4.15. The number of H-pyrrole nitrogens is 1. The van der Waals surface area contributed by atoms with Crippen molar-refractivity contribution in [3.05, 3.63) is 40.1 Å². The molecule has 3 aromatic rings. The van der Waals surface area contributed by atoms with E-state index >= 15 is 0 Å². The van der Waals surface area contributed by atoms with Crippen LogP contribution in [0.5, 0.6) is 0 Å². The van der Waals surface area contributed by atoms with Crippen LogP contribution >= 0.6 is 11.3 Å². The molecule has 114 valence electrons. The summed E-state index contributed by atoms with van der Waals surface area (Å²) in [6.07, 6.45) is 1.65. The van der Waals surface area contributed by atoms with Crippen molar-refractivity contribution in [2.45, 2.75) is 19.8 Å². The van der Waals surface area contributed by atoms with Gasteiger partial charge in [0, 0.05) is 20.0 Å². The van der Waals surface area contributed by atoms with Crippen molar-refractivity contribution in [3.8, 4) is 0 Å². The summed E-state index contributed by atoms with van der Waals surface area (Å²) in [5, 5.41) is 9.02. The maximum Gasteiger partial charge on any atom is 0.284 e. The number of imidazole rings is 1. The second kappa shape index (κ2) is 6.23. The molecule has 0 aliphatic rings. The van der Waals surface area contributed by atoms with Gasteiger partial charge in [-0.2, -0.15) is 0 Å². The molecule has 1 N–H and O–H groups in total. The fraction of sp³-hybridized carbons (Fsp3) is 0.333. The molecule has 7 heteroatoms. The van der Waals surface area contributed by atoms with Gasteiger partial charge in [0.15, 0.2) is 0 Å². The molecule has 6 nitrogen and oxygen atoms in total. The number of hydrogen-bond acceptors (Lipinski definition) is 5. The Morgan fingerprint density at radius 2 is 2.14 bits per heavy atom. The molecule has 0 bridgehead atoms. The summed E-state index contributed by atoms with van der Waals surface area (Å²) in [4.78, 5) is 21.7. The van der Waals surface area contributed by atoms with E-state index in [-0.39, 0.29) is 5.91 Å². The van der Waals surface area contributed by atoms with Crippen molar-refractivity contribution in [2.24, 2.45) is 0 Å². The molecule has 0 atom stereocenters. The number of aryl methyl sites for hydroxylation is 2. The summed E-state index contributed by atoms with van der Waals surface area (Å²) in [6, 6.07) is 7.96. The van der Waals surface area contributed by atoms with E-state index in [0.717, 1.165) is 34.7 Å². The van der Waals surface area contributed by atoms with Gasteiger partial charge in [-0.25, -0.2) is 4.98 Å². The second-order valence-electron chi connectivity index (χ2n) is 5.16. The number of nitrogens with one attached hydrogen (secondary N) is 1. The van der Waals surface area contributed by atoms with Gasteiger partial charge < -0.3 is 9.88 Å². The minimum atomic E-state index is -0.0739. The minimum absolute atomic E-state index is 0.0739. The van der Waals surface area contributed by atoms with Gasteiger partial charge in [0.25, 0.3) is 5.91 Å². The summed E-state index contributed by atoms with van der Waals surface area (Å²) in [7, 11) is 1.79. The van der Waals surface area contributed by atoms with Crippen molar-refractivity contribution < 1.29 is 4.79 Å². The summed E-state index contributed by atoms with van der Waals surface area (Å²) in [5.41, 5.74) is 2.03. The molecule has 0 saturated heterocycles. The predicted molar refractivity (Wildman–Crippen MR) is 86.0 cm³/mol. The van der Waals surface area contributed by atoms with Gasteiger partial charge >= 0.3 is 0 Å². The molecule has 22 heavy (non-hydrogen) atoms. The topological polar surface area (TPSA) is 74.8 Å². The molecule has 0 aliphatic carbocycles. The van der Waals surface area contributed by atoms with Crippen molar-refractivity contribution >= 4 is 28.3 Å². The summed E-state index contributed by atoms with van der Waals surface area (Å²) in [5.74, 6) is 0.879. The zero-order chi connectivity index (χ0) is 15.5. The van der Waals surface area contributed by atoms with Gasteiger partial charge in [-0.15, -0.1) is 10.2 Å². The fourth-order valence-corrected chi connectivity index (χ4v) is 2.94. The van der Waals surface area contributed by atoms with Crippen LogP contribution in [0.3, 0.4) is 0 Å². The Labute approximate surface area is 132 Å². The van der Waals surface area contributed by atoms with Crippen LogP contribution in [0.1, 0.15) is 27.1 Å². The summed E-state index contributed by atoms with van der Waals surface area (Å²) < 4.78 is 0. The molecular formula is C15H17N5OS. The lowest BCUT2D eigenvalue weighted by Crippen LogP contribution is -2.28.